The minimum atomic E-state index is -0.422. The fraction of sp³-hybridized carbons (Fsp3) is 0.333. The van der Waals surface area contributed by atoms with E-state index in [1.165, 1.54) is 18.2 Å². The molecule has 3 N–H and O–H groups in total. The van der Waals surface area contributed by atoms with Crippen LogP contribution in [0, 0.1) is 0 Å². The molecular formula is C12H15N3O3. The summed E-state index contributed by atoms with van der Waals surface area (Å²) in [5.41, 5.74) is -0.359. The first-order valence-electron chi connectivity index (χ1n) is 5.74. The molecule has 18 heavy (non-hydrogen) atoms. The van der Waals surface area contributed by atoms with Crippen molar-refractivity contribution in [1.29, 1.82) is 0 Å². The van der Waals surface area contributed by atoms with Gasteiger partial charge in [0.05, 0.1) is 10.9 Å². The van der Waals surface area contributed by atoms with E-state index in [4.69, 9.17) is 0 Å². The second-order valence-corrected chi connectivity index (χ2v) is 4.07. The van der Waals surface area contributed by atoms with Gasteiger partial charge in [-0.2, -0.15) is 0 Å². The Labute approximate surface area is 103 Å². The van der Waals surface area contributed by atoms with Gasteiger partial charge in [0.25, 0.3) is 5.56 Å². The van der Waals surface area contributed by atoms with E-state index in [-0.39, 0.29) is 11.3 Å². The predicted molar refractivity (Wildman–Crippen MR) is 69.0 cm³/mol. The number of aromatic amines is 1. The van der Waals surface area contributed by atoms with Crippen LogP contribution in [0.3, 0.4) is 0 Å². The van der Waals surface area contributed by atoms with Gasteiger partial charge in [-0.25, -0.2) is 4.79 Å². The van der Waals surface area contributed by atoms with Crippen molar-refractivity contribution < 1.29 is 5.11 Å². The Morgan fingerprint density at radius 1 is 1.39 bits per heavy atom. The number of nitrogens with zero attached hydrogens (tertiary/aromatic N) is 1. The van der Waals surface area contributed by atoms with Gasteiger partial charge < -0.3 is 15.4 Å². The van der Waals surface area contributed by atoms with Crippen LogP contribution >= 0.6 is 0 Å². The lowest BCUT2D eigenvalue weighted by atomic mass is 10.2. The van der Waals surface area contributed by atoms with E-state index in [0.717, 1.165) is 11.1 Å². The Morgan fingerprint density at radius 2 is 2.17 bits per heavy atom. The summed E-state index contributed by atoms with van der Waals surface area (Å²) >= 11 is 0. The zero-order chi connectivity index (χ0) is 13.1. The normalized spacial score (nSPS) is 10.9. The molecule has 0 unspecified atom stereocenters. The number of nitrogens with one attached hydrogen (secondary N) is 2. The van der Waals surface area contributed by atoms with Gasteiger partial charge in [0.2, 0.25) is 0 Å². The molecule has 2 rings (SSSR count). The fourth-order valence-corrected chi connectivity index (χ4v) is 1.86. The maximum absolute atomic E-state index is 12.1. The molecule has 6 heteroatoms. The standard InChI is InChI=1S/C12H15N3O3/c1-13-5-2-6-15-11(17)9-7-8(16)3-4-10(9)14-12(15)18/h3-4,7,13,16H,2,5-6H2,1H3,(H,14,18). The molecule has 0 aliphatic rings. The highest BCUT2D eigenvalue weighted by Crippen LogP contribution is 2.13. The lowest BCUT2D eigenvalue weighted by molar-refractivity contribution is 0.476. The molecule has 0 atom stereocenters. The predicted octanol–water partition coefficient (Wildman–Crippen LogP) is 0.00490. The molecule has 0 saturated heterocycles. The van der Waals surface area contributed by atoms with Crippen LogP contribution in [0.15, 0.2) is 27.8 Å². The van der Waals surface area contributed by atoms with Crippen LogP contribution in [0.1, 0.15) is 6.42 Å². The number of benzene rings is 1. The number of aromatic nitrogens is 2. The summed E-state index contributed by atoms with van der Waals surface area (Å²) in [5.74, 6) is 0.00780. The first kappa shape index (κ1) is 12.4. The number of aromatic hydroxyl groups is 1. The van der Waals surface area contributed by atoms with Gasteiger partial charge in [-0.05, 0) is 38.2 Å². The average Bonchev–Trinajstić information content (AvgIpc) is 2.35. The zero-order valence-electron chi connectivity index (χ0n) is 10.1. The van der Waals surface area contributed by atoms with Crippen LogP contribution in [0.25, 0.3) is 10.9 Å². The summed E-state index contributed by atoms with van der Waals surface area (Å²) < 4.78 is 1.15. The van der Waals surface area contributed by atoms with Crippen LogP contribution < -0.4 is 16.6 Å². The van der Waals surface area contributed by atoms with E-state index in [2.05, 4.69) is 10.3 Å². The van der Waals surface area contributed by atoms with Crippen LogP contribution in [0.2, 0.25) is 0 Å². The van der Waals surface area contributed by atoms with E-state index < -0.39 is 5.69 Å². The number of hydrogen-bond acceptors (Lipinski definition) is 4. The van der Waals surface area contributed by atoms with Gasteiger partial charge in [-0.1, -0.05) is 0 Å². The van der Waals surface area contributed by atoms with Crippen molar-refractivity contribution in [1.82, 2.24) is 14.9 Å². The average molecular weight is 249 g/mol. The first-order chi connectivity index (χ1) is 8.63. The SMILES string of the molecule is CNCCCn1c(=O)[nH]c2ccc(O)cc2c1=O. The number of phenolic OH excluding ortho intramolecular Hbond substituents is 1. The Hall–Kier alpha value is -2.08. The van der Waals surface area contributed by atoms with Crippen LogP contribution in [-0.4, -0.2) is 28.3 Å². The summed E-state index contributed by atoms with van der Waals surface area (Å²) in [6.07, 6.45) is 0.684. The fourth-order valence-electron chi connectivity index (χ4n) is 1.86. The van der Waals surface area contributed by atoms with Gasteiger partial charge in [-0.15, -0.1) is 0 Å². The maximum atomic E-state index is 12.1. The van der Waals surface area contributed by atoms with Crippen LogP contribution in [0.5, 0.6) is 5.75 Å². The highest BCUT2D eigenvalue weighted by molar-refractivity contribution is 5.78. The molecule has 6 nitrogen and oxygen atoms in total. The third-order valence-corrected chi connectivity index (χ3v) is 2.77. The molecule has 1 aromatic heterocycles. The number of hydrogen-bond donors (Lipinski definition) is 3. The van der Waals surface area contributed by atoms with Gasteiger partial charge >= 0.3 is 5.69 Å². The monoisotopic (exact) mass is 249 g/mol. The molecule has 0 radical (unpaired) electrons. The number of H-pyrrole nitrogens is 1. The summed E-state index contributed by atoms with van der Waals surface area (Å²) in [7, 11) is 1.81. The van der Waals surface area contributed by atoms with E-state index in [0.29, 0.717) is 23.9 Å². The van der Waals surface area contributed by atoms with Crippen molar-refractivity contribution >= 4 is 10.9 Å². The number of rotatable bonds is 4. The van der Waals surface area contributed by atoms with Crippen molar-refractivity contribution in [2.45, 2.75) is 13.0 Å². The van der Waals surface area contributed by atoms with Gasteiger partial charge in [0.1, 0.15) is 5.75 Å². The van der Waals surface area contributed by atoms with Gasteiger partial charge in [0.15, 0.2) is 0 Å². The molecule has 2 aromatic rings. The molecule has 0 bridgehead atoms. The molecule has 0 aliphatic carbocycles. The van der Waals surface area contributed by atoms with E-state index in [1.54, 1.807) is 0 Å². The molecule has 0 aliphatic heterocycles. The van der Waals surface area contributed by atoms with Gasteiger partial charge in [0, 0.05) is 6.54 Å². The summed E-state index contributed by atoms with van der Waals surface area (Å²) in [4.78, 5) is 26.5. The third-order valence-electron chi connectivity index (χ3n) is 2.77. The largest absolute Gasteiger partial charge is 0.508 e. The molecule has 0 saturated carbocycles. The highest BCUT2D eigenvalue weighted by Gasteiger charge is 2.07. The summed E-state index contributed by atoms with van der Waals surface area (Å²) in [6, 6.07) is 4.32. The highest BCUT2D eigenvalue weighted by atomic mass is 16.3. The quantitative estimate of drug-likeness (QED) is 0.666. The first-order valence-corrected chi connectivity index (χ1v) is 5.74. The molecule has 1 aromatic carbocycles. The molecule has 0 spiro atoms. The van der Waals surface area contributed by atoms with E-state index in [9.17, 15) is 14.7 Å². The Bertz CT molecular complexity index is 672. The molecule has 0 amide bonds. The minimum Gasteiger partial charge on any atom is -0.508 e. The topological polar surface area (TPSA) is 87.1 Å². The summed E-state index contributed by atoms with van der Waals surface area (Å²) in [5, 5.41) is 12.7. The Kier molecular flexibility index (Phi) is 3.47. The van der Waals surface area contributed by atoms with E-state index >= 15 is 0 Å². The lowest BCUT2D eigenvalue weighted by Crippen LogP contribution is -2.35. The van der Waals surface area contributed by atoms with Crippen LogP contribution in [-0.2, 0) is 6.54 Å². The summed E-state index contributed by atoms with van der Waals surface area (Å²) in [6.45, 7) is 1.07. The number of phenols is 1. The third kappa shape index (κ3) is 2.28. The van der Waals surface area contributed by atoms with Gasteiger partial charge in [-0.3, -0.25) is 9.36 Å². The maximum Gasteiger partial charge on any atom is 0.328 e. The smallest absolute Gasteiger partial charge is 0.328 e. The van der Waals surface area contributed by atoms with E-state index in [1.807, 2.05) is 7.05 Å². The minimum absolute atomic E-state index is 0.00780. The zero-order valence-corrected chi connectivity index (χ0v) is 10.1. The van der Waals surface area contributed by atoms with Crippen molar-refractivity contribution in [2.75, 3.05) is 13.6 Å². The molecule has 96 valence electrons. The second-order valence-electron chi connectivity index (χ2n) is 4.07. The van der Waals surface area contributed by atoms with Crippen molar-refractivity contribution in [3.8, 4) is 5.75 Å². The Balaban J connectivity index is 2.53. The molecule has 1 heterocycles. The van der Waals surface area contributed by atoms with Crippen LogP contribution in [0.4, 0.5) is 0 Å². The molecular weight excluding hydrogens is 234 g/mol. The van der Waals surface area contributed by atoms with Crippen molar-refractivity contribution in [2.24, 2.45) is 0 Å². The van der Waals surface area contributed by atoms with Crippen molar-refractivity contribution in [3.63, 3.8) is 0 Å². The van der Waals surface area contributed by atoms with Crippen molar-refractivity contribution in [3.05, 3.63) is 39.0 Å². The number of fused-ring (bicyclic) bond motifs is 1. The Morgan fingerprint density at radius 3 is 2.89 bits per heavy atom. The lowest BCUT2D eigenvalue weighted by Gasteiger charge is -2.06. The second kappa shape index (κ2) is 5.05. The molecule has 0 fully saturated rings.